The fourth-order valence-corrected chi connectivity index (χ4v) is 5.10. The topological polar surface area (TPSA) is 110 Å². The Bertz CT molecular complexity index is 755. The molecular weight excluding hydrogens is 400 g/mol. The average Bonchev–Trinajstić information content (AvgIpc) is 2.71. The molecule has 0 radical (unpaired) electrons. The first kappa shape index (κ1) is 23.7. The lowest BCUT2D eigenvalue weighted by Gasteiger charge is -2.43. The van der Waals surface area contributed by atoms with E-state index in [1.807, 2.05) is 0 Å². The van der Waals surface area contributed by atoms with Crippen LogP contribution in [0.5, 0.6) is 0 Å². The highest BCUT2D eigenvalue weighted by Crippen LogP contribution is 2.45. The van der Waals surface area contributed by atoms with Crippen LogP contribution in [0, 0.1) is 29.6 Å². The molecule has 7 nitrogen and oxygen atoms in total. The second-order valence-electron chi connectivity index (χ2n) is 9.40. The van der Waals surface area contributed by atoms with E-state index in [1.54, 1.807) is 6.92 Å². The van der Waals surface area contributed by atoms with E-state index in [1.165, 1.54) is 5.57 Å². The van der Waals surface area contributed by atoms with Crippen molar-refractivity contribution in [1.29, 1.82) is 0 Å². The van der Waals surface area contributed by atoms with E-state index < -0.39 is 24.0 Å². The largest absolute Gasteiger partial charge is 0.461 e. The van der Waals surface area contributed by atoms with Gasteiger partial charge in [-0.15, -0.1) is 0 Å². The molecule has 3 aliphatic rings. The number of hydrogen-bond donors (Lipinski definition) is 2. The summed E-state index contributed by atoms with van der Waals surface area (Å²) < 4.78 is 11.2. The van der Waals surface area contributed by atoms with E-state index in [9.17, 15) is 19.5 Å². The number of rotatable bonds is 7. The van der Waals surface area contributed by atoms with Gasteiger partial charge in [0.05, 0.1) is 5.92 Å². The third-order valence-corrected chi connectivity index (χ3v) is 6.91. The molecule has 31 heavy (non-hydrogen) atoms. The number of hydrogen-bond acceptors (Lipinski definition) is 7. The van der Waals surface area contributed by atoms with Crippen molar-refractivity contribution in [3.05, 3.63) is 23.8 Å². The fourth-order valence-electron chi connectivity index (χ4n) is 5.10. The molecule has 1 unspecified atom stereocenters. The van der Waals surface area contributed by atoms with Crippen molar-refractivity contribution in [3.63, 3.8) is 0 Å². The third-order valence-electron chi connectivity index (χ3n) is 6.91. The second kappa shape index (κ2) is 10.1. The molecule has 0 bridgehead atoms. The van der Waals surface area contributed by atoms with Crippen LogP contribution in [0.25, 0.3) is 0 Å². The molecule has 0 aromatic carbocycles. The maximum Gasteiger partial charge on any atom is 0.377 e. The summed E-state index contributed by atoms with van der Waals surface area (Å²) in [5.41, 5.74) is 1.17. The molecule has 1 aliphatic heterocycles. The Labute approximate surface area is 183 Å². The van der Waals surface area contributed by atoms with E-state index >= 15 is 0 Å². The minimum absolute atomic E-state index is 0.0484. The molecule has 0 spiro atoms. The predicted molar refractivity (Wildman–Crippen MR) is 113 cm³/mol. The summed E-state index contributed by atoms with van der Waals surface area (Å²) in [6.45, 7) is 5.96. The SMILES string of the molecule is CC(CCO)C(=O)O[C@H]1C[C@@H](C)C=C2C=C[C@H](C)[C@H](CC[C@@H]3C[C@@H](O)C(=O)C(=O)O3)[C@H]21. The van der Waals surface area contributed by atoms with Crippen LogP contribution in [0.3, 0.4) is 0 Å². The highest BCUT2D eigenvalue weighted by molar-refractivity contribution is 6.35. The van der Waals surface area contributed by atoms with Crippen LogP contribution in [-0.2, 0) is 23.9 Å². The quantitative estimate of drug-likeness (QED) is 0.467. The first-order chi connectivity index (χ1) is 14.7. The van der Waals surface area contributed by atoms with Gasteiger partial charge >= 0.3 is 11.9 Å². The second-order valence-corrected chi connectivity index (χ2v) is 9.40. The summed E-state index contributed by atoms with van der Waals surface area (Å²) in [7, 11) is 0. The lowest BCUT2D eigenvalue weighted by molar-refractivity contribution is -0.170. The van der Waals surface area contributed by atoms with Gasteiger partial charge in [-0.3, -0.25) is 9.59 Å². The molecule has 0 aromatic rings. The zero-order valence-electron chi connectivity index (χ0n) is 18.5. The number of allylic oxidation sites excluding steroid dienone is 3. The molecule has 0 saturated carbocycles. The number of fused-ring (bicyclic) bond motifs is 1. The number of cyclic esters (lactones) is 1. The molecule has 7 heteroatoms. The average molecular weight is 435 g/mol. The van der Waals surface area contributed by atoms with Gasteiger partial charge in [0.25, 0.3) is 5.78 Å². The number of carbonyl (C=O) groups excluding carboxylic acids is 3. The first-order valence-electron chi connectivity index (χ1n) is 11.3. The van der Waals surface area contributed by atoms with E-state index in [2.05, 4.69) is 32.1 Å². The molecule has 2 aliphatic carbocycles. The van der Waals surface area contributed by atoms with Crippen LogP contribution < -0.4 is 0 Å². The van der Waals surface area contributed by atoms with Gasteiger partial charge in [0.2, 0.25) is 0 Å². The highest BCUT2D eigenvalue weighted by Gasteiger charge is 2.43. The van der Waals surface area contributed by atoms with Crippen molar-refractivity contribution in [2.24, 2.45) is 29.6 Å². The molecule has 1 saturated heterocycles. The Kier molecular flexibility index (Phi) is 7.70. The summed E-state index contributed by atoms with van der Waals surface area (Å²) in [4.78, 5) is 35.7. The lowest BCUT2D eigenvalue weighted by Crippen LogP contribution is -2.43. The van der Waals surface area contributed by atoms with Crippen molar-refractivity contribution >= 4 is 17.7 Å². The van der Waals surface area contributed by atoms with Gasteiger partial charge in [-0.1, -0.05) is 39.0 Å². The van der Waals surface area contributed by atoms with Crippen LogP contribution in [0.4, 0.5) is 0 Å². The van der Waals surface area contributed by atoms with Gasteiger partial charge in [-0.05, 0) is 49.0 Å². The molecule has 0 aromatic heterocycles. The lowest BCUT2D eigenvalue weighted by atomic mass is 9.65. The van der Waals surface area contributed by atoms with E-state index in [-0.39, 0.29) is 54.7 Å². The number of ketones is 1. The van der Waals surface area contributed by atoms with Crippen molar-refractivity contribution in [1.82, 2.24) is 0 Å². The van der Waals surface area contributed by atoms with E-state index in [4.69, 9.17) is 14.6 Å². The summed E-state index contributed by atoms with van der Waals surface area (Å²) in [6, 6.07) is 0. The summed E-state index contributed by atoms with van der Waals surface area (Å²) in [5.74, 6) is -1.70. The van der Waals surface area contributed by atoms with Crippen molar-refractivity contribution in [2.45, 2.75) is 71.2 Å². The minimum atomic E-state index is -1.29. The normalized spacial score (nSPS) is 36.3. The number of esters is 2. The Hall–Kier alpha value is -1.99. The monoisotopic (exact) mass is 434 g/mol. The standard InChI is InChI=1S/C24H34O7/c1-13-10-16-5-4-14(2)18(7-6-17-12-19(26)22(27)24(29)30-17)21(16)20(11-13)31-23(28)15(3)8-9-25/h4-5,10,13-15,17-21,25-26H,6-9,11-12H2,1-3H3/t13-,14-,15?,17+,18-,19+,20-,21-/m0/s1. The van der Waals surface area contributed by atoms with Gasteiger partial charge < -0.3 is 19.7 Å². The Morgan fingerprint density at radius 3 is 2.68 bits per heavy atom. The van der Waals surface area contributed by atoms with Crippen molar-refractivity contribution < 1.29 is 34.1 Å². The smallest absolute Gasteiger partial charge is 0.377 e. The van der Waals surface area contributed by atoms with Crippen LogP contribution in [0.1, 0.15) is 52.9 Å². The van der Waals surface area contributed by atoms with Crippen LogP contribution >= 0.6 is 0 Å². The number of ether oxygens (including phenoxy) is 2. The number of aliphatic hydroxyl groups is 2. The van der Waals surface area contributed by atoms with Gasteiger partial charge in [-0.2, -0.15) is 0 Å². The first-order valence-corrected chi connectivity index (χ1v) is 11.3. The molecule has 1 fully saturated rings. The van der Waals surface area contributed by atoms with Crippen molar-refractivity contribution in [2.75, 3.05) is 6.61 Å². The molecule has 8 atom stereocenters. The van der Waals surface area contributed by atoms with Crippen LogP contribution in [0.2, 0.25) is 0 Å². The molecule has 0 amide bonds. The van der Waals surface area contributed by atoms with Gasteiger partial charge in [0.1, 0.15) is 18.3 Å². The van der Waals surface area contributed by atoms with Crippen LogP contribution in [0.15, 0.2) is 23.8 Å². The van der Waals surface area contributed by atoms with E-state index in [0.717, 1.165) is 12.8 Å². The van der Waals surface area contributed by atoms with E-state index in [0.29, 0.717) is 12.8 Å². The molecular formula is C24H34O7. The fraction of sp³-hybridized carbons (Fsp3) is 0.708. The van der Waals surface area contributed by atoms with Crippen LogP contribution in [-0.4, -0.2) is 52.9 Å². The van der Waals surface area contributed by atoms with Crippen molar-refractivity contribution in [3.8, 4) is 0 Å². The molecule has 3 rings (SSSR count). The number of aliphatic hydroxyl groups excluding tert-OH is 2. The third kappa shape index (κ3) is 5.44. The Morgan fingerprint density at radius 1 is 1.26 bits per heavy atom. The number of carbonyl (C=O) groups is 3. The maximum absolute atomic E-state index is 12.6. The number of Topliss-reactive ketones (excluding diaryl/α,β-unsaturated/α-hetero) is 1. The minimum Gasteiger partial charge on any atom is -0.461 e. The van der Waals surface area contributed by atoms with Gasteiger partial charge in [0.15, 0.2) is 0 Å². The Morgan fingerprint density at radius 2 is 2.00 bits per heavy atom. The summed E-state index contributed by atoms with van der Waals surface area (Å²) >= 11 is 0. The molecule has 172 valence electrons. The van der Waals surface area contributed by atoms with Gasteiger partial charge in [-0.25, -0.2) is 4.79 Å². The van der Waals surface area contributed by atoms with Gasteiger partial charge in [0, 0.05) is 18.9 Å². The molecule has 2 N–H and O–H groups in total. The maximum atomic E-state index is 12.6. The zero-order valence-corrected chi connectivity index (χ0v) is 18.5. The summed E-state index contributed by atoms with van der Waals surface area (Å²) in [5, 5.41) is 19.0. The summed E-state index contributed by atoms with van der Waals surface area (Å²) in [6.07, 6.45) is 7.03. The predicted octanol–water partition coefficient (Wildman–Crippen LogP) is 2.35. The zero-order chi connectivity index (χ0) is 22.7. The Balaban J connectivity index is 1.73. The highest BCUT2D eigenvalue weighted by atomic mass is 16.6. The molecule has 1 heterocycles.